The van der Waals surface area contributed by atoms with Gasteiger partial charge < -0.3 is 24.8 Å². The normalized spacial score (nSPS) is 12.2. The van der Waals surface area contributed by atoms with Crippen LogP contribution in [0.4, 0.5) is 0 Å². The minimum atomic E-state index is -0.255. The molecule has 1 aromatic carbocycles. The van der Waals surface area contributed by atoms with Gasteiger partial charge in [0.1, 0.15) is 12.4 Å². The summed E-state index contributed by atoms with van der Waals surface area (Å²) in [4.78, 5) is 4.67. The first-order valence-electron chi connectivity index (χ1n) is 8.70. The molecule has 2 N–H and O–H groups in total. The van der Waals surface area contributed by atoms with E-state index in [9.17, 15) is 0 Å². The van der Waals surface area contributed by atoms with E-state index in [1.54, 1.807) is 14.2 Å². The molecule has 0 heterocycles. The molecule has 0 aliphatic carbocycles. The first kappa shape index (κ1) is 21.3. The van der Waals surface area contributed by atoms with Gasteiger partial charge in [0.05, 0.1) is 18.8 Å². The van der Waals surface area contributed by atoms with Gasteiger partial charge in [-0.25, -0.2) is 4.99 Å². The molecule has 0 bridgehead atoms. The quantitative estimate of drug-likeness (QED) is 0.385. The van der Waals surface area contributed by atoms with Crippen LogP contribution >= 0.6 is 0 Å². The SMILES string of the molecule is CCNC(=NCc1ccc(C)cc1OCCOC)NCC(C)(C)OC. The van der Waals surface area contributed by atoms with Gasteiger partial charge in [-0.15, -0.1) is 0 Å². The Kier molecular flexibility index (Phi) is 9.31. The summed E-state index contributed by atoms with van der Waals surface area (Å²) in [6.45, 7) is 11.2. The second-order valence-electron chi connectivity index (χ2n) is 6.46. The summed E-state index contributed by atoms with van der Waals surface area (Å²) in [5.74, 6) is 1.62. The maximum absolute atomic E-state index is 5.83. The summed E-state index contributed by atoms with van der Waals surface area (Å²) in [6.07, 6.45) is 0. The molecule has 0 atom stereocenters. The minimum Gasteiger partial charge on any atom is -0.491 e. The van der Waals surface area contributed by atoms with Crippen LogP contribution in [0.3, 0.4) is 0 Å². The number of rotatable bonds is 10. The van der Waals surface area contributed by atoms with Gasteiger partial charge in [0.15, 0.2) is 5.96 Å². The number of methoxy groups -OCH3 is 2. The maximum Gasteiger partial charge on any atom is 0.191 e. The molecule has 1 rings (SSSR count). The van der Waals surface area contributed by atoms with Crippen molar-refractivity contribution < 1.29 is 14.2 Å². The lowest BCUT2D eigenvalue weighted by atomic mass is 10.1. The number of guanidine groups is 1. The van der Waals surface area contributed by atoms with E-state index in [0.717, 1.165) is 29.4 Å². The molecule has 0 aromatic heterocycles. The van der Waals surface area contributed by atoms with E-state index in [-0.39, 0.29) is 5.60 Å². The third-order valence-electron chi connectivity index (χ3n) is 3.75. The van der Waals surface area contributed by atoms with Gasteiger partial charge in [-0.05, 0) is 39.3 Å². The molecule has 1 aromatic rings. The monoisotopic (exact) mass is 351 g/mol. The Morgan fingerprint density at radius 1 is 1.16 bits per heavy atom. The highest BCUT2D eigenvalue weighted by Gasteiger charge is 2.16. The number of benzene rings is 1. The average molecular weight is 351 g/mol. The highest BCUT2D eigenvalue weighted by Crippen LogP contribution is 2.21. The zero-order valence-electron chi connectivity index (χ0n) is 16.4. The number of aliphatic imine (C=N–C) groups is 1. The average Bonchev–Trinajstić information content (AvgIpc) is 2.59. The van der Waals surface area contributed by atoms with Crippen molar-refractivity contribution in [2.45, 2.75) is 39.8 Å². The van der Waals surface area contributed by atoms with Crippen molar-refractivity contribution in [3.63, 3.8) is 0 Å². The molecule has 0 radical (unpaired) electrons. The summed E-state index contributed by atoms with van der Waals surface area (Å²) >= 11 is 0. The van der Waals surface area contributed by atoms with Crippen LogP contribution in [0.1, 0.15) is 31.9 Å². The number of hydrogen-bond donors (Lipinski definition) is 2. The molecular formula is C19H33N3O3. The van der Waals surface area contributed by atoms with Crippen LogP contribution in [0.2, 0.25) is 0 Å². The molecule has 0 amide bonds. The molecule has 0 aliphatic rings. The summed E-state index contributed by atoms with van der Waals surface area (Å²) in [7, 11) is 3.38. The van der Waals surface area contributed by atoms with Gasteiger partial charge in [0.2, 0.25) is 0 Å². The van der Waals surface area contributed by atoms with Crippen LogP contribution in [0.15, 0.2) is 23.2 Å². The van der Waals surface area contributed by atoms with Gasteiger partial charge in [0, 0.05) is 32.9 Å². The fraction of sp³-hybridized carbons (Fsp3) is 0.632. The molecule has 0 saturated carbocycles. The molecule has 6 nitrogen and oxygen atoms in total. The number of nitrogens with zero attached hydrogens (tertiary/aromatic N) is 1. The predicted octanol–water partition coefficient (Wildman–Crippen LogP) is 2.50. The van der Waals surface area contributed by atoms with Crippen molar-refractivity contribution >= 4 is 5.96 Å². The van der Waals surface area contributed by atoms with E-state index in [1.165, 1.54) is 0 Å². The van der Waals surface area contributed by atoms with E-state index in [0.29, 0.717) is 26.3 Å². The highest BCUT2D eigenvalue weighted by atomic mass is 16.5. The van der Waals surface area contributed by atoms with Gasteiger partial charge >= 0.3 is 0 Å². The molecule has 25 heavy (non-hydrogen) atoms. The molecule has 0 saturated heterocycles. The van der Waals surface area contributed by atoms with Crippen molar-refractivity contribution in [2.75, 3.05) is 40.5 Å². The van der Waals surface area contributed by atoms with Crippen LogP contribution in [0.5, 0.6) is 5.75 Å². The number of hydrogen-bond acceptors (Lipinski definition) is 4. The van der Waals surface area contributed by atoms with Crippen LogP contribution in [0.25, 0.3) is 0 Å². The number of aryl methyl sites for hydroxylation is 1. The number of nitrogens with one attached hydrogen (secondary N) is 2. The number of ether oxygens (including phenoxy) is 3. The maximum atomic E-state index is 5.83. The lowest BCUT2D eigenvalue weighted by Gasteiger charge is -2.24. The Labute approximate surface area is 152 Å². The smallest absolute Gasteiger partial charge is 0.191 e. The Morgan fingerprint density at radius 2 is 1.92 bits per heavy atom. The Hall–Kier alpha value is -1.79. The minimum absolute atomic E-state index is 0.255. The lowest BCUT2D eigenvalue weighted by molar-refractivity contribution is 0.0268. The topological polar surface area (TPSA) is 64.1 Å². The van der Waals surface area contributed by atoms with Gasteiger partial charge in [0.25, 0.3) is 0 Å². The van der Waals surface area contributed by atoms with Gasteiger partial charge in [-0.2, -0.15) is 0 Å². The summed E-state index contributed by atoms with van der Waals surface area (Å²) < 4.78 is 16.3. The standard InChI is InChI=1S/C19H33N3O3/c1-7-20-18(22-14-19(3,4)24-6)21-13-16-9-8-15(2)12-17(16)25-11-10-23-5/h8-9,12H,7,10-11,13-14H2,1-6H3,(H2,20,21,22). The molecule has 0 aliphatic heterocycles. The molecule has 6 heteroatoms. The fourth-order valence-corrected chi connectivity index (χ4v) is 2.04. The third kappa shape index (κ3) is 8.23. The van der Waals surface area contributed by atoms with E-state index >= 15 is 0 Å². The summed E-state index contributed by atoms with van der Waals surface area (Å²) in [6, 6.07) is 6.17. The fourth-order valence-electron chi connectivity index (χ4n) is 2.04. The Bertz CT molecular complexity index is 545. The van der Waals surface area contributed by atoms with Crippen molar-refractivity contribution in [1.82, 2.24) is 10.6 Å². The zero-order chi connectivity index (χ0) is 18.7. The summed E-state index contributed by atoms with van der Waals surface area (Å²) in [5.41, 5.74) is 1.95. The molecule has 0 spiro atoms. The van der Waals surface area contributed by atoms with Crippen molar-refractivity contribution in [2.24, 2.45) is 4.99 Å². The molecule has 142 valence electrons. The second kappa shape index (κ2) is 10.9. The van der Waals surface area contributed by atoms with E-state index < -0.39 is 0 Å². The first-order chi connectivity index (χ1) is 11.9. The van der Waals surface area contributed by atoms with Crippen LogP contribution < -0.4 is 15.4 Å². The second-order valence-corrected chi connectivity index (χ2v) is 6.46. The largest absolute Gasteiger partial charge is 0.491 e. The van der Waals surface area contributed by atoms with Crippen LogP contribution in [-0.2, 0) is 16.0 Å². The van der Waals surface area contributed by atoms with E-state index in [2.05, 4.69) is 34.7 Å². The van der Waals surface area contributed by atoms with Crippen LogP contribution in [-0.4, -0.2) is 52.1 Å². The predicted molar refractivity (Wildman–Crippen MR) is 102 cm³/mol. The van der Waals surface area contributed by atoms with Crippen molar-refractivity contribution in [3.05, 3.63) is 29.3 Å². The van der Waals surface area contributed by atoms with Gasteiger partial charge in [-0.3, -0.25) is 0 Å². The Morgan fingerprint density at radius 3 is 2.56 bits per heavy atom. The van der Waals surface area contributed by atoms with E-state index in [4.69, 9.17) is 14.2 Å². The molecular weight excluding hydrogens is 318 g/mol. The Balaban J connectivity index is 2.80. The van der Waals surface area contributed by atoms with E-state index in [1.807, 2.05) is 26.8 Å². The third-order valence-corrected chi connectivity index (χ3v) is 3.75. The first-order valence-corrected chi connectivity index (χ1v) is 8.70. The van der Waals surface area contributed by atoms with Crippen LogP contribution in [0, 0.1) is 6.92 Å². The summed E-state index contributed by atoms with van der Waals surface area (Å²) in [5, 5.41) is 6.57. The molecule has 0 unspecified atom stereocenters. The van der Waals surface area contributed by atoms with Gasteiger partial charge in [-0.1, -0.05) is 12.1 Å². The van der Waals surface area contributed by atoms with Crippen molar-refractivity contribution in [3.8, 4) is 5.75 Å². The highest BCUT2D eigenvalue weighted by molar-refractivity contribution is 5.79. The molecule has 0 fully saturated rings. The zero-order valence-corrected chi connectivity index (χ0v) is 16.4. The lowest BCUT2D eigenvalue weighted by Crippen LogP contribution is -2.45. The van der Waals surface area contributed by atoms with Crippen molar-refractivity contribution in [1.29, 1.82) is 0 Å².